The van der Waals surface area contributed by atoms with Gasteiger partial charge < -0.3 is 9.47 Å². The van der Waals surface area contributed by atoms with Gasteiger partial charge in [0.25, 0.3) is 0 Å². The van der Waals surface area contributed by atoms with E-state index >= 15 is 0 Å². The van der Waals surface area contributed by atoms with Gasteiger partial charge in [-0.25, -0.2) is 14.8 Å². The number of morpholine rings is 1. The number of hydrogen-bond donors (Lipinski definition) is 0. The molecule has 9 heteroatoms. The average Bonchev–Trinajstić information content (AvgIpc) is 3.04. The fraction of sp³-hybridized carbons (Fsp3) is 0.381. The van der Waals surface area contributed by atoms with E-state index in [0.29, 0.717) is 41.1 Å². The summed E-state index contributed by atoms with van der Waals surface area (Å²) in [6.45, 7) is 6.95. The van der Waals surface area contributed by atoms with Crippen LogP contribution in [0.4, 0.5) is 4.79 Å². The molecular weight excluding hydrogens is 427 g/mol. The van der Waals surface area contributed by atoms with Crippen molar-refractivity contribution in [1.29, 1.82) is 0 Å². The van der Waals surface area contributed by atoms with Crippen LogP contribution in [0.25, 0.3) is 16.7 Å². The maximum atomic E-state index is 12.7. The Labute approximate surface area is 184 Å². The van der Waals surface area contributed by atoms with Crippen LogP contribution in [-0.2, 0) is 9.47 Å². The Hall–Kier alpha value is -2.35. The largest absolute Gasteiger partial charge is 0.444 e. The van der Waals surface area contributed by atoms with E-state index in [0.717, 1.165) is 11.3 Å². The first-order valence-corrected chi connectivity index (χ1v) is 10.4. The van der Waals surface area contributed by atoms with Crippen LogP contribution >= 0.6 is 23.2 Å². The van der Waals surface area contributed by atoms with Crippen molar-refractivity contribution >= 4 is 40.3 Å². The summed E-state index contributed by atoms with van der Waals surface area (Å²) < 4.78 is 13.0. The molecule has 0 saturated carbocycles. The third-order valence-corrected chi connectivity index (χ3v) is 5.37. The average molecular weight is 449 g/mol. The molecule has 1 aliphatic heterocycles. The third kappa shape index (κ3) is 4.10. The highest BCUT2D eigenvalue weighted by atomic mass is 35.5. The molecule has 158 valence electrons. The molecule has 0 aliphatic carbocycles. The molecule has 1 saturated heterocycles. The molecule has 30 heavy (non-hydrogen) atoms. The summed E-state index contributed by atoms with van der Waals surface area (Å²) >= 11 is 12.6. The minimum atomic E-state index is -0.556. The SMILES string of the molecule is CC(C)(C)OC(=O)N1CCOC[C@H]1c1ccc(-n2c(Cl)cc3c(Cl)ncnc32)cc1. The first-order valence-electron chi connectivity index (χ1n) is 9.60. The maximum absolute atomic E-state index is 12.7. The van der Waals surface area contributed by atoms with Gasteiger partial charge in [-0.05, 0) is 44.5 Å². The van der Waals surface area contributed by atoms with Crippen LogP contribution in [0, 0.1) is 0 Å². The highest BCUT2D eigenvalue weighted by Crippen LogP contribution is 2.31. The number of halogens is 2. The molecule has 0 bridgehead atoms. The van der Waals surface area contributed by atoms with Gasteiger partial charge in [0.1, 0.15) is 22.2 Å². The van der Waals surface area contributed by atoms with Crippen molar-refractivity contribution in [2.24, 2.45) is 0 Å². The highest BCUT2D eigenvalue weighted by molar-refractivity contribution is 6.36. The third-order valence-electron chi connectivity index (χ3n) is 4.80. The van der Waals surface area contributed by atoms with Crippen LogP contribution in [0.1, 0.15) is 32.4 Å². The Morgan fingerprint density at radius 3 is 2.63 bits per heavy atom. The van der Waals surface area contributed by atoms with Crippen LogP contribution in [0.3, 0.4) is 0 Å². The van der Waals surface area contributed by atoms with Gasteiger partial charge in [0.05, 0.1) is 24.6 Å². The quantitative estimate of drug-likeness (QED) is 0.513. The standard InChI is InChI=1S/C21H22Cl2N4O3/c1-21(2,3)30-20(28)26-8-9-29-11-16(26)13-4-6-14(7-5-13)27-17(22)10-15-18(23)24-12-25-19(15)27/h4-7,10,12,16H,8-9,11H2,1-3H3/t16-/m0/s1. The van der Waals surface area contributed by atoms with Gasteiger partial charge >= 0.3 is 6.09 Å². The molecule has 4 rings (SSSR count). The lowest BCUT2D eigenvalue weighted by atomic mass is 10.0. The smallest absolute Gasteiger partial charge is 0.410 e. The molecule has 0 spiro atoms. The molecule has 3 heterocycles. The topological polar surface area (TPSA) is 69.5 Å². The molecule has 1 atom stereocenters. The van der Waals surface area contributed by atoms with Crippen LogP contribution in [0.15, 0.2) is 36.7 Å². The zero-order chi connectivity index (χ0) is 21.5. The lowest BCUT2D eigenvalue weighted by Crippen LogP contribution is -2.45. The Balaban J connectivity index is 1.64. The number of aromatic nitrogens is 3. The number of carbonyl (C=O) groups is 1. The number of nitrogens with zero attached hydrogens (tertiary/aromatic N) is 4. The summed E-state index contributed by atoms with van der Waals surface area (Å²) in [5.41, 5.74) is 1.85. The lowest BCUT2D eigenvalue weighted by Gasteiger charge is -2.36. The number of benzene rings is 1. The molecule has 0 N–H and O–H groups in total. The molecule has 1 aliphatic rings. The fourth-order valence-corrected chi connectivity index (χ4v) is 3.93. The van der Waals surface area contributed by atoms with E-state index in [9.17, 15) is 4.79 Å². The van der Waals surface area contributed by atoms with Crippen molar-refractivity contribution in [3.8, 4) is 5.69 Å². The van der Waals surface area contributed by atoms with E-state index in [1.165, 1.54) is 6.33 Å². The second-order valence-electron chi connectivity index (χ2n) is 8.06. The maximum Gasteiger partial charge on any atom is 0.410 e. The summed E-state index contributed by atoms with van der Waals surface area (Å²) in [7, 11) is 0. The minimum Gasteiger partial charge on any atom is -0.444 e. The van der Waals surface area contributed by atoms with E-state index < -0.39 is 5.60 Å². The Morgan fingerprint density at radius 1 is 1.20 bits per heavy atom. The number of rotatable bonds is 2. The van der Waals surface area contributed by atoms with Crippen LogP contribution in [0.2, 0.25) is 10.3 Å². The molecule has 1 amide bonds. The molecule has 0 unspecified atom stereocenters. The molecule has 0 radical (unpaired) electrons. The second-order valence-corrected chi connectivity index (χ2v) is 8.81. The minimum absolute atomic E-state index is 0.226. The van der Waals surface area contributed by atoms with Crippen molar-refractivity contribution in [3.63, 3.8) is 0 Å². The highest BCUT2D eigenvalue weighted by Gasteiger charge is 2.32. The van der Waals surface area contributed by atoms with Crippen molar-refractivity contribution in [1.82, 2.24) is 19.4 Å². The van der Waals surface area contributed by atoms with Gasteiger partial charge in [0.15, 0.2) is 5.65 Å². The number of hydrogen-bond acceptors (Lipinski definition) is 5. The van der Waals surface area contributed by atoms with Gasteiger partial charge in [-0.1, -0.05) is 35.3 Å². The lowest BCUT2D eigenvalue weighted by molar-refractivity contribution is -0.0331. The molecule has 3 aromatic rings. The van der Waals surface area contributed by atoms with Crippen molar-refractivity contribution in [2.75, 3.05) is 19.8 Å². The molecule has 1 aromatic carbocycles. The normalized spacial score (nSPS) is 17.4. The predicted molar refractivity (Wildman–Crippen MR) is 115 cm³/mol. The van der Waals surface area contributed by atoms with Gasteiger partial charge in [0.2, 0.25) is 0 Å². The van der Waals surface area contributed by atoms with Gasteiger partial charge in [0, 0.05) is 12.2 Å². The number of amides is 1. The summed E-state index contributed by atoms with van der Waals surface area (Å²) in [4.78, 5) is 22.7. The van der Waals surface area contributed by atoms with Crippen molar-refractivity contribution < 1.29 is 14.3 Å². The summed E-state index contributed by atoms with van der Waals surface area (Å²) in [5, 5.41) is 1.52. The Bertz CT molecular complexity index is 1080. The molecule has 1 fully saturated rings. The summed E-state index contributed by atoms with van der Waals surface area (Å²) in [6, 6.07) is 9.29. The summed E-state index contributed by atoms with van der Waals surface area (Å²) in [6.07, 6.45) is 1.06. The Kier molecular flexibility index (Phi) is 5.61. The van der Waals surface area contributed by atoms with Gasteiger partial charge in [-0.3, -0.25) is 9.47 Å². The monoisotopic (exact) mass is 448 g/mol. The van der Waals surface area contributed by atoms with Gasteiger partial charge in [-0.2, -0.15) is 0 Å². The van der Waals surface area contributed by atoms with Crippen LogP contribution in [0.5, 0.6) is 0 Å². The first-order chi connectivity index (χ1) is 14.2. The molecule has 7 nitrogen and oxygen atoms in total. The Morgan fingerprint density at radius 2 is 1.93 bits per heavy atom. The number of carbonyl (C=O) groups excluding carboxylic acids is 1. The van der Waals surface area contributed by atoms with Crippen molar-refractivity contribution in [3.05, 3.63) is 52.5 Å². The van der Waals surface area contributed by atoms with E-state index in [1.807, 2.05) is 45.0 Å². The van der Waals surface area contributed by atoms with Crippen LogP contribution in [-0.4, -0.2) is 50.9 Å². The fourth-order valence-electron chi connectivity index (χ4n) is 3.46. The zero-order valence-electron chi connectivity index (χ0n) is 16.9. The van der Waals surface area contributed by atoms with Crippen LogP contribution < -0.4 is 0 Å². The van der Waals surface area contributed by atoms with E-state index in [1.54, 1.807) is 15.5 Å². The number of ether oxygens (including phenoxy) is 2. The van der Waals surface area contributed by atoms with Gasteiger partial charge in [-0.15, -0.1) is 0 Å². The van der Waals surface area contributed by atoms with Crippen molar-refractivity contribution in [2.45, 2.75) is 32.4 Å². The van der Waals surface area contributed by atoms with E-state index in [2.05, 4.69) is 9.97 Å². The molecular formula is C21H22Cl2N4O3. The second kappa shape index (κ2) is 8.06. The number of fused-ring (bicyclic) bond motifs is 1. The first kappa shape index (κ1) is 20.9. The summed E-state index contributed by atoms with van der Waals surface area (Å²) in [5.74, 6) is 0. The zero-order valence-corrected chi connectivity index (χ0v) is 18.4. The van der Waals surface area contributed by atoms with E-state index in [-0.39, 0.29) is 12.1 Å². The van der Waals surface area contributed by atoms with E-state index in [4.69, 9.17) is 32.7 Å². The predicted octanol–water partition coefficient (Wildman–Crippen LogP) is 5.04. The molecule has 2 aromatic heterocycles.